The van der Waals surface area contributed by atoms with Crippen molar-refractivity contribution in [3.63, 3.8) is 0 Å². The second-order valence-electron chi connectivity index (χ2n) is 6.43. The Balaban J connectivity index is 1.85. The molecule has 2 nitrogen and oxygen atoms in total. The molecule has 2 rings (SSSR count). The minimum Gasteiger partial charge on any atom is -0.358 e. The van der Waals surface area contributed by atoms with E-state index in [1.807, 2.05) is 11.8 Å². The Bertz CT molecular complexity index is 434. The molecule has 104 valence electrons. The molecular formula is C16H24N2S. The third-order valence-electron chi connectivity index (χ3n) is 3.20. The molecule has 1 aromatic carbocycles. The quantitative estimate of drug-likeness (QED) is 0.892. The van der Waals surface area contributed by atoms with Gasteiger partial charge in [0.05, 0.1) is 12.6 Å². The molecule has 1 N–H and O–H groups in total. The third kappa shape index (κ3) is 4.57. The Morgan fingerprint density at radius 2 is 2.00 bits per heavy atom. The Hall–Kier alpha value is -0.960. The maximum Gasteiger partial charge on any atom is 0.157 e. The standard InChI is InChI=1S/C16H24N2S/c1-12(13-8-6-5-7-9-13)18-15-17-11-14(19-15)10-16(2,3)4/h5-9,12,14H,10-11H2,1-4H3,(H,17,18). The number of hydrogen-bond acceptors (Lipinski definition) is 3. The molecule has 0 saturated heterocycles. The maximum atomic E-state index is 4.64. The first-order chi connectivity index (χ1) is 8.94. The number of rotatable bonds is 3. The van der Waals surface area contributed by atoms with Gasteiger partial charge in [-0.3, -0.25) is 4.99 Å². The van der Waals surface area contributed by atoms with Gasteiger partial charge in [0, 0.05) is 5.25 Å². The van der Waals surface area contributed by atoms with Crippen LogP contribution in [0.5, 0.6) is 0 Å². The molecule has 19 heavy (non-hydrogen) atoms. The second-order valence-corrected chi connectivity index (χ2v) is 7.72. The molecule has 0 amide bonds. The summed E-state index contributed by atoms with van der Waals surface area (Å²) in [7, 11) is 0. The van der Waals surface area contributed by atoms with Gasteiger partial charge < -0.3 is 5.32 Å². The van der Waals surface area contributed by atoms with Crippen molar-refractivity contribution in [3.8, 4) is 0 Å². The molecule has 0 aliphatic carbocycles. The van der Waals surface area contributed by atoms with Gasteiger partial charge in [0.1, 0.15) is 0 Å². The lowest BCUT2D eigenvalue weighted by Gasteiger charge is -2.22. The van der Waals surface area contributed by atoms with Crippen molar-refractivity contribution in [2.24, 2.45) is 10.4 Å². The first-order valence-electron chi connectivity index (χ1n) is 6.97. The van der Waals surface area contributed by atoms with Crippen molar-refractivity contribution < 1.29 is 0 Å². The summed E-state index contributed by atoms with van der Waals surface area (Å²) >= 11 is 1.90. The lowest BCUT2D eigenvalue weighted by atomic mass is 9.90. The summed E-state index contributed by atoms with van der Waals surface area (Å²) < 4.78 is 0. The zero-order chi connectivity index (χ0) is 13.9. The Morgan fingerprint density at radius 3 is 2.63 bits per heavy atom. The van der Waals surface area contributed by atoms with E-state index in [1.165, 1.54) is 12.0 Å². The molecule has 3 heteroatoms. The van der Waals surface area contributed by atoms with Gasteiger partial charge in [-0.15, -0.1) is 0 Å². The molecule has 0 aromatic heterocycles. The van der Waals surface area contributed by atoms with Gasteiger partial charge in [0.25, 0.3) is 0 Å². The minimum atomic E-state index is 0.320. The fourth-order valence-corrected chi connectivity index (χ4v) is 3.74. The topological polar surface area (TPSA) is 24.4 Å². The van der Waals surface area contributed by atoms with E-state index < -0.39 is 0 Å². The van der Waals surface area contributed by atoms with Crippen LogP contribution in [0.4, 0.5) is 0 Å². The SMILES string of the molecule is CC(NC1=NCC(CC(C)(C)C)S1)c1ccccc1. The average molecular weight is 276 g/mol. The molecule has 2 unspecified atom stereocenters. The molecular weight excluding hydrogens is 252 g/mol. The Labute approximate surface area is 121 Å². The molecule has 0 radical (unpaired) electrons. The van der Waals surface area contributed by atoms with Crippen LogP contribution in [-0.2, 0) is 0 Å². The minimum absolute atomic E-state index is 0.320. The highest BCUT2D eigenvalue weighted by Crippen LogP contribution is 2.32. The summed E-state index contributed by atoms with van der Waals surface area (Å²) in [5, 5.41) is 5.26. The van der Waals surface area contributed by atoms with E-state index in [-0.39, 0.29) is 0 Å². The molecule has 1 aliphatic heterocycles. The number of hydrogen-bond donors (Lipinski definition) is 1. The Kier molecular flexibility index (Phi) is 4.56. The van der Waals surface area contributed by atoms with Crippen molar-refractivity contribution >= 4 is 16.9 Å². The number of nitrogens with one attached hydrogen (secondary N) is 1. The predicted octanol–water partition coefficient (Wildman–Crippen LogP) is 4.24. The van der Waals surface area contributed by atoms with Gasteiger partial charge in [-0.1, -0.05) is 62.9 Å². The highest BCUT2D eigenvalue weighted by atomic mass is 32.2. The summed E-state index contributed by atoms with van der Waals surface area (Å²) in [5.41, 5.74) is 1.69. The van der Waals surface area contributed by atoms with Crippen LogP contribution in [0.1, 0.15) is 45.7 Å². The summed E-state index contributed by atoms with van der Waals surface area (Å²) in [5.74, 6) is 0. The fraction of sp³-hybridized carbons (Fsp3) is 0.562. The first kappa shape index (κ1) is 14.4. The zero-order valence-corrected chi connectivity index (χ0v) is 13.1. The van der Waals surface area contributed by atoms with Gasteiger partial charge in [0.15, 0.2) is 5.17 Å². The van der Waals surface area contributed by atoms with Gasteiger partial charge >= 0.3 is 0 Å². The van der Waals surface area contributed by atoms with Crippen molar-refractivity contribution in [2.75, 3.05) is 6.54 Å². The van der Waals surface area contributed by atoms with Gasteiger partial charge in [-0.05, 0) is 24.3 Å². The van der Waals surface area contributed by atoms with Gasteiger partial charge in [-0.2, -0.15) is 0 Å². The van der Waals surface area contributed by atoms with Crippen LogP contribution >= 0.6 is 11.8 Å². The van der Waals surface area contributed by atoms with Crippen molar-refractivity contribution in [2.45, 2.75) is 45.4 Å². The lowest BCUT2D eigenvalue weighted by Crippen LogP contribution is -2.24. The van der Waals surface area contributed by atoms with Crippen molar-refractivity contribution in [3.05, 3.63) is 35.9 Å². The third-order valence-corrected chi connectivity index (χ3v) is 4.32. The van der Waals surface area contributed by atoms with Crippen molar-refractivity contribution in [1.29, 1.82) is 0 Å². The smallest absolute Gasteiger partial charge is 0.157 e. The van der Waals surface area contributed by atoms with Crippen LogP contribution < -0.4 is 5.32 Å². The van der Waals surface area contributed by atoms with E-state index in [1.54, 1.807) is 0 Å². The molecule has 0 spiro atoms. The summed E-state index contributed by atoms with van der Waals surface area (Å²) in [6.45, 7) is 10.0. The molecule has 1 heterocycles. The largest absolute Gasteiger partial charge is 0.358 e. The van der Waals surface area contributed by atoms with E-state index in [4.69, 9.17) is 0 Å². The maximum absolute atomic E-state index is 4.64. The van der Waals surface area contributed by atoms with E-state index >= 15 is 0 Å². The van der Waals surface area contributed by atoms with Crippen LogP contribution in [0.15, 0.2) is 35.3 Å². The summed E-state index contributed by atoms with van der Waals surface area (Å²) in [6, 6.07) is 10.9. The summed E-state index contributed by atoms with van der Waals surface area (Å²) in [6.07, 6.45) is 1.21. The summed E-state index contributed by atoms with van der Waals surface area (Å²) in [4.78, 5) is 4.64. The van der Waals surface area contributed by atoms with Gasteiger partial charge in [-0.25, -0.2) is 0 Å². The highest BCUT2D eigenvalue weighted by Gasteiger charge is 2.25. The molecule has 0 bridgehead atoms. The van der Waals surface area contributed by atoms with Crippen molar-refractivity contribution in [1.82, 2.24) is 5.32 Å². The van der Waals surface area contributed by atoms with Crippen LogP contribution in [0.25, 0.3) is 0 Å². The lowest BCUT2D eigenvalue weighted by molar-refractivity contribution is 0.375. The number of thioether (sulfide) groups is 1. The monoisotopic (exact) mass is 276 g/mol. The van der Waals surface area contributed by atoms with E-state index in [2.05, 4.69) is 68.3 Å². The predicted molar refractivity (Wildman–Crippen MR) is 85.7 cm³/mol. The molecule has 0 saturated carbocycles. The van der Waals surface area contributed by atoms with Crippen LogP contribution in [-0.4, -0.2) is 17.0 Å². The molecule has 1 aromatic rings. The molecule has 0 fully saturated rings. The van der Waals surface area contributed by atoms with E-state index in [0.29, 0.717) is 16.7 Å². The normalized spacial score (nSPS) is 21.1. The molecule has 2 atom stereocenters. The number of amidine groups is 1. The van der Waals surface area contributed by atoms with Gasteiger partial charge in [0.2, 0.25) is 0 Å². The zero-order valence-electron chi connectivity index (χ0n) is 12.3. The average Bonchev–Trinajstić information content (AvgIpc) is 2.75. The highest BCUT2D eigenvalue weighted by molar-refractivity contribution is 8.14. The van der Waals surface area contributed by atoms with Crippen LogP contribution in [0.3, 0.4) is 0 Å². The molecule has 1 aliphatic rings. The number of aliphatic imine (C=N–C) groups is 1. The fourth-order valence-electron chi connectivity index (χ4n) is 2.30. The van der Waals surface area contributed by atoms with E-state index in [0.717, 1.165) is 11.7 Å². The van der Waals surface area contributed by atoms with E-state index in [9.17, 15) is 0 Å². The second kappa shape index (κ2) is 6.00. The number of nitrogens with zero attached hydrogens (tertiary/aromatic N) is 1. The van der Waals surface area contributed by atoms with Crippen LogP contribution in [0.2, 0.25) is 0 Å². The number of benzene rings is 1. The Morgan fingerprint density at radius 1 is 1.32 bits per heavy atom. The van der Waals surface area contributed by atoms with Crippen LogP contribution in [0, 0.1) is 5.41 Å². The first-order valence-corrected chi connectivity index (χ1v) is 7.84.